The highest BCUT2D eigenvalue weighted by atomic mass is 15.1. The third-order valence-corrected chi connectivity index (χ3v) is 2.56. The van der Waals surface area contributed by atoms with E-state index < -0.39 is 0 Å². The smallest absolute Gasteiger partial charge is 0.159 e. The summed E-state index contributed by atoms with van der Waals surface area (Å²) in [5.41, 5.74) is 1.87. The average molecular weight is 218 g/mol. The maximum absolute atomic E-state index is 4.67. The summed E-state index contributed by atoms with van der Waals surface area (Å²) in [6.45, 7) is 10.6. The van der Waals surface area contributed by atoms with E-state index >= 15 is 0 Å². The zero-order valence-corrected chi connectivity index (χ0v) is 10.5. The standard InChI is InChI=1S/C12H18N4/c1-7(2)9-8-6-13-16-10(8)15-11(14-9)12(3,4)5/h6-7H,1-5H3,(H,13,14,15,16). The molecule has 0 fully saturated rings. The summed E-state index contributed by atoms with van der Waals surface area (Å²) < 4.78 is 0. The summed E-state index contributed by atoms with van der Waals surface area (Å²) in [6, 6.07) is 0. The van der Waals surface area contributed by atoms with Crippen molar-refractivity contribution < 1.29 is 0 Å². The second-order valence-corrected chi connectivity index (χ2v) is 5.47. The fraction of sp³-hybridized carbons (Fsp3) is 0.583. The van der Waals surface area contributed by atoms with Gasteiger partial charge in [-0.15, -0.1) is 0 Å². The number of nitrogens with zero attached hydrogens (tertiary/aromatic N) is 3. The van der Waals surface area contributed by atoms with Gasteiger partial charge in [0.2, 0.25) is 0 Å². The molecule has 0 saturated carbocycles. The lowest BCUT2D eigenvalue weighted by atomic mass is 9.95. The molecule has 2 aromatic heterocycles. The molecule has 4 heteroatoms. The van der Waals surface area contributed by atoms with Crippen LogP contribution in [0, 0.1) is 0 Å². The molecule has 2 rings (SSSR count). The molecule has 0 bridgehead atoms. The van der Waals surface area contributed by atoms with E-state index in [-0.39, 0.29) is 5.41 Å². The molecule has 0 atom stereocenters. The average Bonchev–Trinajstić information content (AvgIpc) is 2.61. The van der Waals surface area contributed by atoms with Gasteiger partial charge in [-0.1, -0.05) is 34.6 Å². The molecule has 0 aromatic carbocycles. The summed E-state index contributed by atoms with van der Waals surface area (Å²) in [5, 5.41) is 8.00. The number of aromatic nitrogens is 4. The summed E-state index contributed by atoms with van der Waals surface area (Å²) >= 11 is 0. The van der Waals surface area contributed by atoms with Crippen LogP contribution in [0.4, 0.5) is 0 Å². The second-order valence-electron chi connectivity index (χ2n) is 5.47. The largest absolute Gasteiger partial charge is 0.261 e. The molecular weight excluding hydrogens is 200 g/mol. The van der Waals surface area contributed by atoms with Crippen LogP contribution < -0.4 is 0 Å². The minimum absolute atomic E-state index is 0.0388. The van der Waals surface area contributed by atoms with Gasteiger partial charge in [0, 0.05) is 5.41 Å². The van der Waals surface area contributed by atoms with Crippen molar-refractivity contribution >= 4 is 11.0 Å². The molecule has 0 aliphatic carbocycles. The van der Waals surface area contributed by atoms with Gasteiger partial charge in [-0.2, -0.15) is 5.10 Å². The predicted octanol–water partition coefficient (Wildman–Crippen LogP) is 2.77. The van der Waals surface area contributed by atoms with Crippen LogP contribution in [0.1, 0.15) is 52.1 Å². The van der Waals surface area contributed by atoms with Crippen LogP contribution in [0.3, 0.4) is 0 Å². The first-order chi connectivity index (χ1) is 7.39. The van der Waals surface area contributed by atoms with Gasteiger partial charge in [-0.05, 0) is 5.92 Å². The maximum atomic E-state index is 4.67. The number of H-pyrrole nitrogens is 1. The predicted molar refractivity (Wildman–Crippen MR) is 64.5 cm³/mol. The molecular formula is C12H18N4. The monoisotopic (exact) mass is 218 g/mol. The van der Waals surface area contributed by atoms with E-state index in [0.29, 0.717) is 5.92 Å². The summed E-state index contributed by atoms with van der Waals surface area (Å²) in [6.07, 6.45) is 1.80. The Morgan fingerprint density at radius 3 is 2.44 bits per heavy atom. The number of rotatable bonds is 1. The van der Waals surface area contributed by atoms with Gasteiger partial charge in [0.25, 0.3) is 0 Å². The Morgan fingerprint density at radius 1 is 1.19 bits per heavy atom. The van der Waals surface area contributed by atoms with Gasteiger partial charge in [0.15, 0.2) is 5.65 Å². The zero-order chi connectivity index (χ0) is 11.9. The first kappa shape index (κ1) is 11.0. The molecule has 86 valence electrons. The first-order valence-corrected chi connectivity index (χ1v) is 5.61. The Morgan fingerprint density at radius 2 is 1.88 bits per heavy atom. The molecule has 0 spiro atoms. The quantitative estimate of drug-likeness (QED) is 0.800. The van der Waals surface area contributed by atoms with E-state index in [0.717, 1.165) is 22.6 Å². The summed E-state index contributed by atoms with van der Waals surface area (Å²) in [5.74, 6) is 1.25. The lowest BCUT2D eigenvalue weighted by molar-refractivity contribution is 0.542. The van der Waals surface area contributed by atoms with Gasteiger partial charge >= 0.3 is 0 Å². The molecule has 0 aliphatic rings. The molecule has 1 N–H and O–H groups in total. The van der Waals surface area contributed by atoms with Crippen molar-refractivity contribution in [2.24, 2.45) is 0 Å². The Kier molecular flexibility index (Phi) is 2.45. The van der Waals surface area contributed by atoms with E-state index in [1.807, 2.05) is 0 Å². The normalized spacial score (nSPS) is 12.6. The van der Waals surface area contributed by atoms with E-state index in [2.05, 4.69) is 54.8 Å². The van der Waals surface area contributed by atoms with E-state index in [9.17, 15) is 0 Å². The first-order valence-electron chi connectivity index (χ1n) is 5.61. The molecule has 0 unspecified atom stereocenters. The highest BCUT2D eigenvalue weighted by molar-refractivity contribution is 5.77. The summed E-state index contributed by atoms with van der Waals surface area (Å²) in [4.78, 5) is 9.19. The zero-order valence-electron chi connectivity index (χ0n) is 10.5. The van der Waals surface area contributed by atoms with Gasteiger partial charge in [-0.3, -0.25) is 5.10 Å². The van der Waals surface area contributed by atoms with Gasteiger partial charge in [-0.25, -0.2) is 9.97 Å². The molecule has 4 nitrogen and oxygen atoms in total. The highest BCUT2D eigenvalue weighted by Crippen LogP contribution is 2.25. The van der Waals surface area contributed by atoms with Crippen LogP contribution in [0.2, 0.25) is 0 Å². The van der Waals surface area contributed by atoms with Gasteiger partial charge in [0.1, 0.15) is 5.82 Å². The molecule has 2 aromatic rings. The highest BCUT2D eigenvalue weighted by Gasteiger charge is 2.21. The van der Waals surface area contributed by atoms with Crippen LogP contribution in [0.25, 0.3) is 11.0 Å². The summed E-state index contributed by atoms with van der Waals surface area (Å²) in [7, 11) is 0. The number of hydrogen-bond acceptors (Lipinski definition) is 3. The molecule has 0 radical (unpaired) electrons. The van der Waals surface area contributed by atoms with Crippen LogP contribution in [0.15, 0.2) is 6.20 Å². The third-order valence-electron chi connectivity index (χ3n) is 2.56. The SMILES string of the molecule is CC(C)c1nc(C(C)(C)C)nc2[nH]ncc12. The van der Waals surface area contributed by atoms with Crippen molar-refractivity contribution in [1.29, 1.82) is 0 Å². The number of nitrogens with one attached hydrogen (secondary N) is 1. The van der Waals surface area contributed by atoms with Crippen LogP contribution in [-0.4, -0.2) is 20.2 Å². The van der Waals surface area contributed by atoms with Gasteiger partial charge < -0.3 is 0 Å². The van der Waals surface area contributed by atoms with Crippen molar-refractivity contribution in [3.05, 3.63) is 17.7 Å². The minimum Gasteiger partial charge on any atom is -0.261 e. The van der Waals surface area contributed by atoms with Crippen molar-refractivity contribution in [3.8, 4) is 0 Å². The van der Waals surface area contributed by atoms with E-state index in [1.54, 1.807) is 6.20 Å². The number of fused-ring (bicyclic) bond motifs is 1. The van der Waals surface area contributed by atoms with Gasteiger partial charge in [0.05, 0.1) is 17.3 Å². The van der Waals surface area contributed by atoms with Crippen molar-refractivity contribution in [2.45, 2.75) is 46.0 Å². The van der Waals surface area contributed by atoms with Crippen LogP contribution in [-0.2, 0) is 5.41 Å². The second kappa shape index (κ2) is 3.54. The lowest BCUT2D eigenvalue weighted by Gasteiger charge is -2.18. The Hall–Kier alpha value is -1.45. The van der Waals surface area contributed by atoms with Crippen molar-refractivity contribution in [1.82, 2.24) is 20.2 Å². The maximum Gasteiger partial charge on any atom is 0.159 e. The topological polar surface area (TPSA) is 54.5 Å². The fourth-order valence-electron chi connectivity index (χ4n) is 1.63. The minimum atomic E-state index is -0.0388. The number of hydrogen-bond donors (Lipinski definition) is 1. The molecule has 2 heterocycles. The Balaban J connectivity index is 2.71. The number of aromatic amines is 1. The molecule has 0 amide bonds. The Bertz CT molecular complexity index is 505. The third kappa shape index (κ3) is 1.79. The molecule has 16 heavy (non-hydrogen) atoms. The van der Waals surface area contributed by atoms with Crippen molar-refractivity contribution in [2.75, 3.05) is 0 Å². The molecule has 0 saturated heterocycles. The van der Waals surface area contributed by atoms with Crippen LogP contribution in [0.5, 0.6) is 0 Å². The Labute approximate surface area is 95.5 Å². The van der Waals surface area contributed by atoms with E-state index in [1.165, 1.54) is 0 Å². The van der Waals surface area contributed by atoms with E-state index in [4.69, 9.17) is 0 Å². The van der Waals surface area contributed by atoms with Crippen molar-refractivity contribution in [3.63, 3.8) is 0 Å². The molecule has 0 aliphatic heterocycles. The van der Waals surface area contributed by atoms with Crippen LogP contribution >= 0.6 is 0 Å². The lowest BCUT2D eigenvalue weighted by Crippen LogP contribution is -2.17. The fourth-order valence-corrected chi connectivity index (χ4v) is 1.63.